The first-order valence-corrected chi connectivity index (χ1v) is 17.9. The lowest BCUT2D eigenvalue weighted by molar-refractivity contribution is -0.141. The lowest BCUT2D eigenvalue weighted by Gasteiger charge is -2.37. The van der Waals surface area contributed by atoms with Gasteiger partial charge in [0.25, 0.3) is 5.91 Å². The SMILES string of the molecule is CC(C)COC1C(=O)N2CCCC2(COC(=O)N2CCN(c3nc(N4CCCC4)nc(N4CCCC4)c3C(=O)c3ccccc3)CC2)C1=O. The molecule has 5 fully saturated rings. The van der Waals surface area contributed by atoms with E-state index in [9.17, 15) is 19.2 Å². The number of amides is 2. The van der Waals surface area contributed by atoms with E-state index in [-0.39, 0.29) is 30.0 Å². The van der Waals surface area contributed by atoms with Gasteiger partial charge >= 0.3 is 6.09 Å². The van der Waals surface area contributed by atoms with E-state index >= 15 is 0 Å². The third kappa shape index (κ3) is 6.33. The van der Waals surface area contributed by atoms with Gasteiger partial charge in [0, 0.05) is 64.5 Å². The molecular formula is C36H47N7O6. The molecule has 2 aromatic rings. The third-order valence-corrected chi connectivity index (χ3v) is 10.5. The van der Waals surface area contributed by atoms with Crippen LogP contribution in [0.3, 0.4) is 0 Å². The summed E-state index contributed by atoms with van der Waals surface area (Å²) in [7, 11) is 0. The molecule has 0 spiro atoms. The van der Waals surface area contributed by atoms with Crippen molar-refractivity contribution in [3.05, 3.63) is 41.5 Å². The van der Waals surface area contributed by atoms with Gasteiger partial charge in [-0.25, -0.2) is 4.79 Å². The third-order valence-electron chi connectivity index (χ3n) is 10.5. The van der Waals surface area contributed by atoms with Crippen LogP contribution in [0.4, 0.5) is 22.4 Å². The average Bonchev–Trinajstić information content (AvgIpc) is 3.95. The molecule has 13 heteroatoms. The first-order chi connectivity index (χ1) is 23.8. The van der Waals surface area contributed by atoms with E-state index in [2.05, 4.69) is 14.7 Å². The van der Waals surface area contributed by atoms with Gasteiger partial charge in [0.2, 0.25) is 11.7 Å². The maximum absolute atomic E-state index is 14.2. The fraction of sp³-hybridized carbons (Fsp3) is 0.611. The van der Waals surface area contributed by atoms with Gasteiger partial charge < -0.3 is 34.0 Å². The minimum Gasteiger partial charge on any atom is -0.446 e. The summed E-state index contributed by atoms with van der Waals surface area (Å²) in [5.41, 5.74) is -0.0749. The number of ether oxygens (including phenoxy) is 2. The fourth-order valence-electron chi connectivity index (χ4n) is 7.79. The number of hydrogen-bond acceptors (Lipinski definition) is 11. The second-order valence-electron chi connectivity index (χ2n) is 14.3. The second kappa shape index (κ2) is 13.9. The summed E-state index contributed by atoms with van der Waals surface area (Å²) in [6.45, 7) is 9.52. The van der Waals surface area contributed by atoms with Crippen LogP contribution in [0.1, 0.15) is 68.3 Å². The van der Waals surface area contributed by atoms with Crippen molar-refractivity contribution >= 4 is 41.2 Å². The fourth-order valence-corrected chi connectivity index (χ4v) is 7.79. The second-order valence-corrected chi connectivity index (χ2v) is 14.3. The van der Waals surface area contributed by atoms with Crippen molar-refractivity contribution in [3.63, 3.8) is 0 Å². The molecule has 262 valence electrons. The van der Waals surface area contributed by atoms with E-state index in [0.29, 0.717) is 80.9 Å². The van der Waals surface area contributed by atoms with Crippen molar-refractivity contribution in [1.82, 2.24) is 19.8 Å². The van der Waals surface area contributed by atoms with Crippen LogP contribution in [0, 0.1) is 5.92 Å². The first kappa shape index (κ1) is 33.2. The number of rotatable bonds is 10. The highest BCUT2D eigenvalue weighted by molar-refractivity contribution is 6.16. The van der Waals surface area contributed by atoms with Crippen molar-refractivity contribution in [2.75, 3.05) is 86.8 Å². The van der Waals surface area contributed by atoms with E-state index < -0.39 is 17.7 Å². The molecule has 1 aromatic carbocycles. The molecule has 13 nitrogen and oxygen atoms in total. The molecule has 49 heavy (non-hydrogen) atoms. The highest BCUT2D eigenvalue weighted by atomic mass is 16.6. The summed E-state index contributed by atoms with van der Waals surface area (Å²) in [4.78, 5) is 74.1. The summed E-state index contributed by atoms with van der Waals surface area (Å²) in [6.07, 6.45) is 3.71. The van der Waals surface area contributed by atoms with E-state index in [1.165, 1.54) is 0 Å². The molecule has 0 aliphatic carbocycles. The normalized spacial score (nSPS) is 24.1. The number of aromatic nitrogens is 2. The molecule has 7 rings (SSSR count). The van der Waals surface area contributed by atoms with Gasteiger partial charge in [-0.15, -0.1) is 0 Å². The molecular weight excluding hydrogens is 626 g/mol. The smallest absolute Gasteiger partial charge is 0.409 e. The van der Waals surface area contributed by atoms with Gasteiger partial charge in [-0.05, 0) is 44.4 Å². The molecule has 0 radical (unpaired) electrons. The predicted molar refractivity (Wildman–Crippen MR) is 183 cm³/mol. The Kier molecular flexibility index (Phi) is 9.45. The summed E-state index contributed by atoms with van der Waals surface area (Å²) >= 11 is 0. The van der Waals surface area contributed by atoms with Crippen LogP contribution in [0.2, 0.25) is 0 Å². The number of piperazine rings is 1. The minimum absolute atomic E-state index is 0.112. The van der Waals surface area contributed by atoms with E-state index in [1.807, 2.05) is 44.2 Å². The Balaban J connectivity index is 1.09. The zero-order valence-corrected chi connectivity index (χ0v) is 28.6. The number of anilines is 3. The monoisotopic (exact) mass is 673 g/mol. The maximum atomic E-state index is 14.2. The predicted octanol–water partition coefficient (Wildman–Crippen LogP) is 3.15. The van der Waals surface area contributed by atoms with Crippen molar-refractivity contribution in [3.8, 4) is 0 Å². The van der Waals surface area contributed by atoms with Gasteiger partial charge in [0.05, 0.1) is 6.61 Å². The number of carbonyl (C=O) groups excluding carboxylic acids is 4. The molecule has 6 heterocycles. The van der Waals surface area contributed by atoms with Gasteiger partial charge in [0.1, 0.15) is 29.3 Å². The number of Topliss-reactive ketones (excluding diaryl/α,β-unsaturated/α-hetero) is 1. The Morgan fingerprint density at radius 2 is 1.43 bits per heavy atom. The van der Waals surface area contributed by atoms with Crippen LogP contribution in [-0.2, 0) is 19.1 Å². The summed E-state index contributed by atoms with van der Waals surface area (Å²) < 4.78 is 11.5. The number of fused-ring (bicyclic) bond motifs is 1. The largest absolute Gasteiger partial charge is 0.446 e. The van der Waals surface area contributed by atoms with Crippen molar-refractivity contribution in [2.24, 2.45) is 5.92 Å². The molecule has 2 unspecified atom stereocenters. The maximum Gasteiger partial charge on any atom is 0.409 e. The van der Waals surface area contributed by atoms with Crippen molar-refractivity contribution in [1.29, 1.82) is 0 Å². The molecule has 1 aromatic heterocycles. The Hall–Kier alpha value is -4.26. The van der Waals surface area contributed by atoms with Crippen LogP contribution < -0.4 is 14.7 Å². The lowest BCUT2D eigenvalue weighted by Crippen LogP contribution is -2.53. The number of nitrogens with zero attached hydrogens (tertiary/aromatic N) is 7. The lowest BCUT2D eigenvalue weighted by atomic mass is 9.93. The zero-order chi connectivity index (χ0) is 34.1. The molecule has 0 saturated carbocycles. The number of carbonyl (C=O) groups is 4. The molecule has 5 aliphatic rings. The summed E-state index contributed by atoms with van der Waals surface area (Å²) in [5, 5.41) is 0. The zero-order valence-electron chi connectivity index (χ0n) is 28.6. The first-order valence-electron chi connectivity index (χ1n) is 17.9. The molecule has 0 N–H and O–H groups in total. The standard InChI is InChI=1S/C36H47N7O6/c1-25(2)23-48-29-30(45)36(13-10-18-43(36)33(29)46)24-49-35(47)42-21-19-40(20-22-42)32-27(28(44)26-11-4-3-5-12-26)31(39-14-6-7-15-39)37-34(38-32)41-16-8-9-17-41/h3-5,11-12,25,29H,6-10,13-24H2,1-2H3. The van der Waals surface area contributed by atoms with Gasteiger partial charge in [-0.3, -0.25) is 14.4 Å². The van der Waals surface area contributed by atoms with E-state index in [0.717, 1.165) is 51.9 Å². The Bertz CT molecular complexity index is 1570. The quantitative estimate of drug-likeness (QED) is 0.273. The van der Waals surface area contributed by atoms with Crippen LogP contribution in [0.25, 0.3) is 0 Å². The van der Waals surface area contributed by atoms with Crippen LogP contribution in [0.15, 0.2) is 30.3 Å². The summed E-state index contributed by atoms with van der Waals surface area (Å²) in [5.74, 6) is 1.36. The highest BCUT2D eigenvalue weighted by Crippen LogP contribution is 2.39. The van der Waals surface area contributed by atoms with Gasteiger partial charge in [-0.1, -0.05) is 44.2 Å². The Morgan fingerprint density at radius 1 is 0.816 bits per heavy atom. The average molecular weight is 674 g/mol. The molecule has 5 saturated heterocycles. The molecule has 5 aliphatic heterocycles. The summed E-state index contributed by atoms with van der Waals surface area (Å²) in [6, 6.07) is 9.28. The number of ketones is 2. The number of hydrogen-bond donors (Lipinski definition) is 0. The van der Waals surface area contributed by atoms with Crippen molar-refractivity contribution in [2.45, 2.75) is 64.0 Å². The van der Waals surface area contributed by atoms with E-state index in [4.69, 9.17) is 19.4 Å². The molecule has 0 bridgehead atoms. The highest BCUT2D eigenvalue weighted by Gasteiger charge is 2.61. The van der Waals surface area contributed by atoms with Crippen LogP contribution in [-0.4, -0.2) is 127 Å². The van der Waals surface area contributed by atoms with E-state index in [1.54, 1.807) is 9.80 Å². The van der Waals surface area contributed by atoms with Crippen LogP contribution >= 0.6 is 0 Å². The topological polar surface area (TPSA) is 129 Å². The van der Waals surface area contributed by atoms with Gasteiger partial charge in [-0.2, -0.15) is 9.97 Å². The Labute approximate surface area is 287 Å². The number of benzene rings is 1. The van der Waals surface area contributed by atoms with Gasteiger partial charge in [0.15, 0.2) is 11.9 Å². The molecule has 2 atom stereocenters. The Morgan fingerprint density at radius 3 is 2.06 bits per heavy atom. The van der Waals surface area contributed by atoms with Crippen molar-refractivity contribution < 1.29 is 28.7 Å². The minimum atomic E-state index is -1.16. The van der Waals surface area contributed by atoms with Crippen LogP contribution in [0.5, 0.6) is 0 Å². The molecule has 2 amide bonds.